The van der Waals surface area contributed by atoms with Gasteiger partial charge in [0.05, 0.1) is 6.61 Å². The van der Waals surface area contributed by atoms with Crippen molar-refractivity contribution >= 4 is 27.7 Å². The molecular weight excluding hydrogens is 267 g/mol. The molecule has 0 aliphatic carbocycles. The maximum absolute atomic E-state index is 13.3. The number of ether oxygens (including phenoxy) is 1. The van der Waals surface area contributed by atoms with Gasteiger partial charge in [-0.15, -0.1) is 0 Å². The van der Waals surface area contributed by atoms with Crippen LogP contribution >= 0.6 is 27.7 Å². The normalized spacial score (nSPS) is 10.2. The highest BCUT2D eigenvalue weighted by Gasteiger charge is 2.03. The molecule has 14 heavy (non-hydrogen) atoms. The molecule has 0 bridgehead atoms. The molecule has 0 N–H and O–H groups in total. The molecule has 0 amide bonds. The molecule has 0 heterocycles. The minimum Gasteiger partial charge on any atom is -0.490 e. The van der Waals surface area contributed by atoms with Crippen molar-refractivity contribution in [3.8, 4) is 5.75 Å². The molecule has 0 aliphatic rings. The van der Waals surface area contributed by atoms with Crippen LogP contribution in [0.25, 0.3) is 0 Å². The molecule has 1 nitrogen and oxygen atoms in total. The molecule has 0 fully saturated rings. The standard InChI is InChI=1S/C10H12BrFOS/c1-14-5-4-13-10-3-2-8(7-11)6-9(10)12/h2-3,6H,4-5,7H2,1H3. The Morgan fingerprint density at radius 2 is 2.29 bits per heavy atom. The third kappa shape index (κ3) is 3.50. The number of alkyl halides is 1. The van der Waals surface area contributed by atoms with E-state index in [1.165, 1.54) is 6.07 Å². The van der Waals surface area contributed by atoms with Crippen LogP contribution < -0.4 is 4.74 Å². The highest BCUT2D eigenvalue weighted by molar-refractivity contribution is 9.08. The van der Waals surface area contributed by atoms with E-state index < -0.39 is 0 Å². The first-order valence-corrected chi connectivity index (χ1v) is 6.75. The highest BCUT2D eigenvalue weighted by Crippen LogP contribution is 2.19. The van der Waals surface area contributed by atoms with Crippen molar-refractivity contribution < 1.29 is 9.13 Å². The third-order valence-corrected chi connectivity index (χ3v) is 2.92. The zero-order valence-corrected chi connectivity index (χ0v) is 10.3. The molecule has 1 aromatic rings. The Hall–Kier alpha value is -0.220. The van der Waals surface area contributed by atoms with E-state index in [-0.39, 0.29) is 5.82 Å². The van der Waals surface area contributed by atoms with Crippen molar-refractivity contribution in [2.45, 2.75) is 5.33 Å². The average Bonchev–Trinajstić information content (AvgIpc) is 2.20. The lowest BCUT2D eigenvalue weighted by molar-refractivity contribution is 0.325. The van der Waals surface area contributed by atoms with E-state index in [2.05, 4.69) is 15.9 Å². The largest absolute Gasteiger partial charge is 0.490 e. The summed E-state index contributed by atoms with van der Waals surface area (Å²) < 4.78 is 18.6. The lowest BCUT2D eigenvalue weighted by Gasteiger charge is -2.06. The molecule has 4 heteroatoms. The second-order valence-corrected chi connectivity index (χ2v) is 4.29. The second kappa shape index (κ2) is 6.30. The molecule has 0 saturated carbocycles. The Morgan fingerprint density at radius 1 is 1.50 bits per heavy atom. The van der Waals surface area contributed by atoms with E-state index in [1.54, 1.807) is 17.8 Å². The summed E-state index contributed by atoms with van der Waals surface area (Å²) >= 11 is 4.95. The van der Waals surface area contributed by atoms with E-state index in [9.17, 15) is 4.39 Å². The summed E-state index contributed by atoms with van der Waals surface area (Å²) in [4.78, 5) is 0. The van der Waals surface area contributed by atoms with Crippen molar-refractivity contribution in [3.05, 3.63) is 29.6 Å². The number of halogens is 2. The van der Waals surface area contributed by atoms with Crippen LogP contribution in [0.4, 0.5) is 4.39 Å². The topological polar surface area (TPSA) is 9.23 Å². The molecule has 78 valence electrons. The first-order chi connectivity index (χ1) is 6.77. The monoisotopic (exact) mass is 278 g/mol. The van der Waals surface area contributed by atoms with Gasteiger partial charge in [0.1, 0.15) is 0 Å². The number of hydrogen-bond acceptors (Lipinski definition) is 2. The predicted molar refractivity (Wildman–Crippen MR) is 62.9 cm³/mol. The van der Waals surface area contributed by atoms with E-state index in [0.29, 0.717) is 17.7 Å². The molecule has 0 spiro atoms. The lowest BCUT2D eigenvalue weighted by Crippen LogP contribution is -2.01. The van der Waals surface area contributed by atoms with Crippen molar-refractivity contribution in [1.82, 2.24) is 0 Å². The number of hydrogen-bond donors (Lipinski definition) is 0. The fraction of sp³-hybridized carbons (Fsp3) is 0.400. The maximum atomic E-state index is 13.3. The van der Waals surface area contributed by atoms with Gasteiger partial charge in [-0.25, -0.2) is 4.39 Å². The average molecular weight is 279 g/mol. The van der Waals surface area contributed by atoms with Gasteiger partial charge in [0.25, 0.3) is 0 Å². The zero-order chi connectivity index (χ0) is 10.4. The summed E-state index contributed by atoms with van der Waals surface area (Å²) in [5, 5.41) is 0.662. The van der Waals surface area contributed by atoms with Gasteiger partial charge in [0, 0.05) is 11.1 Å². The van der Waals surface area contributed by atoms with Crippen molar-refractivity contribution in [3.63, 3.8) is 0 Å². The van der Waals surface area contributed by atoms with Gasteiger partial charge in [-0.2, -0.15) is 11.8 Å². The summed E-state index contributed by atoms with van der Waals surface area (Å²) in [5.41, 5.74) is 0.916. The summed E-state index contributed by atoms with van der Waals surface area (Å²) in [5.74, 6) is 0.923. The number of rotatable bonds is 5. The van der Waals surface area contributed by atoms with Crippen LogP contribution in [0.5, 0.6) is 5.75 Å². The molecular formula is C10H12BrFOS. The van der Waals surface area contributed by atoms with Crippen molar-refractivity contribution in [1.29, 1.82) is 0 Å². The summed E-state index contributed by atoms with van der Waals surface area (Å²) in [6.45, 7) is 0.547. The molecule has 0 aromatic heterocycles. The van der Waals surface area contributed by atoms with Crippen LogP contribution in [0.1, 0.15) is 5.56 Å². The fourth-order valence-corrected chi connectivity index (χ4v) is 1.58. The zero-order valence-electron chi connectivity index (χ0n) is 7.93. The third-order valence-electron chi connectivity index (χ3n) is 1.70. The van der Waals surface area contributed by atoms with E-state index in [1.807, 2.05) is 12.3 Å². The van der Waals surface area contributed by atoms with Crippen molar-refractivity contribution in [2.24, 2.45) is 0 Å². The molecule has 0 aliphatic heterocycles. The summed E-state index contributed by atoms with van der Waals surface area (Å²) in [6, 6.07) is 5.02. The van der Waals surface area contributed by atoms with Crippen LogP contribution in [-0.4, -0.2) is 18.6 Å². The number of thioether (sulfide) groups is 1. The van der Waals surface area contributed by atoms with Crippen molar-refractivity contribution in [2.75, 3.05) is 18.6 Å². The quantitative estimate of drug-likeness (QED) is 0.603. The van der Waals surface area contributed by atoms with Gasteiger partial charge in [-0.3, -0.25) is 0 Å². The van der Waals surface area contributed by atoms with Crippen LogP contribution in [0.2, 0.25) is 0 Å². The smallest absolute Gasteiger partial charge is 0.165 e. The molecule has 0 atom stereocenters. The number of benzene rings is 1. The Balaban J connectivity index is 2.59. The Bertz CT molecular complexity index is 293. The highest BCUT2D eigenvalue weighted by atomic mass is 79.9. The van der Waals surface area contributed by atoms with Crippen LogP contribution in [0.15, 0.2) is 18.2 Å². The lowest BCUT2D eigenvalue weighted by atomic mass is 10.2. The summed E-state index contributed by atoms with van der Waals surface area (Å²) in [6.07, 6.45) is 1.99. The Kier molecular flexibility index (Phi) is 5.33. The minimum absolute atomic E-state index is 0.289. The molecule has 0 saturated heterocycles. The van der Waals surface area contributed by atoms with Gasteiger partial charge >= 0.3 is 0 Å². The maximum Gasteiger partial charge on any atom is 0.165 e. The van der Waals surface area contributed by atoms with E-state index in [0.717, 1.165) is 11.3 Å². The Morgan fingerprint density at radius 3 is 2.86 bits per heavy atom. The molecule has 0 unspecified atom stereocenters. The Labute approximate surface area is 96.2 Å². The molecule has 1 rings (SSSR count). The summed E-state index contributed by atoms with van der Waals surface area (Å²) in [7, 11) is 0. The van der Waals surface area contributed by atoms with Gasteiger partial charge in [0.2, 0.25) is 0 Å². The first kappa shape index (κ1) is 11.9. The van der Waals surface area contributed by atoms with Crippen LogP contribution in [0, 0.1) is 5.82 Å². The predicted octanol–water partition coefficient (Wildman–Crippen LogP) is 3.46. The van der Waals surface area contributed by atoms with E-state index >= 15 is 0 Å². The SMILES string of the molecule is CSCCOc1ccc(CBr)cc1F. The van der Waals surface area contributed by atoms with Crippen LogP contribution in [-0.2, 0) is 5.33 Å². The van der Waals surface area contributed by atoms with E-state index in [4.69, 9.17) is 4.74 Å². The van der Waals surface area contributed by atoms with Gasteiger partial charge < -0.3 is 4.74 Å². The molecule has 0 radical (unpaired) electrons. The second-order valence-electron chi connectivity index (χ2n) is 2.74. The fourth-order valence-electron chi connectivity index (χ4n) is 0.979. The van der Waals surface area contributed by atoms with Gasteiger partial charge in [-0.1, -0.05) is 22.0 Å². The minimum atomic E-state index is -0.289. The molecule has 1 aromatic carbocycles. The van der Waals surface area contributed by atoms with Gasteiger partial charge in [0.15, 0.2) is 11.6 Å². The van der Waals surface area contributed by atoms with Crippen LogP contribution in [0.3, 0.4) is 0 Å². The van der Waals surface area contributed by atoms with Gasteiger partial charge in [-0.05, 0) is 24.0 Å². The first-order valence-electron chi connectivity index (χ1n) is 4.24.